The molecule has 0 unspecified atom stereocenters. The summed E-state index contributed by atoms with van der Waals surface area (Å²) in [6, 6.07) is 0. The summed E-state index contributed by atoms with van der Waals surface area (Å²) in [5.41, 5.74) is 6.81. The lowest BCUT2D eigenvalue weighted by molar-refractivity contribution is -0.386. The monoisotopic (exact) mass is 212 g/mol. The predicted molar refractivity (Wildman–Crippen MR) is 56.7 cm³/mol. The molecule has 0 fully saturated rings. The minimum Gasteiger partial charge on any atom is -0.329 e. The highest BCUT2D eigenvalue weighted by molar-refractivity contribution is 5.41. The van der Waals surface area contributed by atoms with Crippen LogP contribution in [0.4, 0.5) is 5.69 Å². The first kappa shape index (κ1) is 11.6. The number of nitro groups is 1. The maximum Gasteiger partial charge on any atom is 0.313 e. The SMILES string of the molecule is CCc1nn(CCN)c(CC)c1[N+](=O)[O-]. The van der Waals surface area contributed by atoms with E-state index >= 15 is 0 Å². The fourth-order valence-corrected chi connectivity index (χ4v) is 1.65. The third-order valence-electron chi connectivity index (χ3n) is 2.29. The van der Waals surface area contributed by atoms with Gasteiger partial charge in [0.25, 0.3) is 0 Å². The van der Waals surface area contributed by atoms with Crippen molar-refractivity contribution in [1.29, 1.82) is 0 Å². The molecule has 15 heavy (non-hydrogen) atoms. The Morgan fingerprint density at radius 3 is 2.53 bits per heavy atom. The molecule has 6 nitrogen and oxygen atoms in total. The molecule has 0 aromatic carbocycles. The Balaban J connectivity index is 3.25. The Morgan fingerprint density at radius 1 is 1.47 bits per heavy atom. The molecule has 0 aliphatic heterocycles. The van der Waals surface area contributed by atoms with Crippen molar-refractivity contribution in [3.05, 3.63) is 21.5 Å². The van der Waals surface area contributed by atoms with Gasteiger partial charge in [0.1, 0.15) is 11.4 Å². The van der Waals surface area contributed by atoms with Crippen LogP contribution in [0, 0.1) is 10.1 Å². The van der Waals surface area contributed by atoms with E-state index in [-0.39, 0.29) is 10.6 Å². The first-order valence-corrected chi connectivity index (χ1v) is 5.08. The van der Waals surface area contributed by atoms with Crippen LogP contribution in [0.15, 0.2) is 0 Å². The van der Waals surface area contributed by atoms with E-state index in [1.807, 2.05) is 13.8 Å². The van der Waals surface area contributed by atoms with Gasteiger partial charge in [-0.15, -0.1) is 0 Å². The molecule has 1 aromatic rings. The minimum absolute atomic E-state index is 0.161. The van der Waals surface area contributed by atoms with Crippen LogP contribution in [0.3, 0.4) is 0 Å². The molecule has 1 heterocycles. The van der Waals surface area contributed by atoms with Crippen LogP contribution < -0.4 is 5.73 Å². The van der Waals surface area contributed by atoms with Gasteiger partial charge in [0.15, 0.2) is 0 Å². The molecular weight excluding hydrogens is 196 g/mol. The van der Waals surface area contributed by atoms with Crippen molar-refractivity contribution < 1.29 is 4.92 Å². The molecule has 84 valence electrons. The van der Waals surface area contributed by atoms with E-state index in [4.69, 9.17) is 5.73 Å². The Morgan fingerprint density at radius 2 is 2.13 bits per heavy atom. The summed E-state index contributed by atoms with van der Waals surface area (Å²) in [5.74, 6) is 0. The molecule has 6 heteroatoms. The van der Waals surface area contributed by atoms with Gasteiger partial charge in [0.2, 0.25) is 0 Å². The molecule has 0 amide bonds. The van der Waals surface area contributed by atoms with Gasteiger partial charge in [-0.1, -0.05) is 13.8 Å². The van der Waals surface area contributed by atoms with Gasteiger partial charge in [-0.3, -0.25) is 14.8 Å². The zero-order valence-corrected chi connectivity index (χ0v) is 9.06. The van der Waals surface area contributed by atoms with E-state index in [1.165, 1.54) is 0 Å². The van der Waals surface area contributed by atoms with Crippen LogP contribution >= 0.6 is 0 Å². The van der Waals surface area contributed by atoms with Gasteiger partial charge >= 0.3 is 5.69 Å². The number of nitrogens with two attached hydrogens (primary N) is 1. The highest BCUT2D eigenvalue weighted by atomic mass is 16.6. The maximum atomic E-state index is 10.9. The predicted octanol–water partition coefficient (Wildman–Crippen LogP) is 0.875. The normalized spacial score (nSPS) is 10.6. The Labute approximate surface area is 88.2 Å². The summed E-state index contributed by atoms with van der Waals surface area (Å²) in [6.07, 6.45) is 1.17. The summed E-state index contributed by atoms with van der Waals surface area (Å²) in [6.45, 7) is 4.72. The van der Waals surface area contributed by atoms with E-state index in [1.54, 1.807) is 4.68 Å². The summed E-state index contributed by atoms with van der Waals surface area (Å²) >= 11 is 0. The second-order valence-electron chi connectivity index (χ2n) is 3.22. The van der Waals surface area contributed by atoms with Gasteiger partial charge in [-0.25, -0.2) is 0 Å². The maximum absolute atomic E-state index is 10.9. The van der Waals surface area contributed by atoms with Crippen LogP contribution in [-0.4, -0.2) is 21.2 Å². The molecule has 0 atom stereocenters. The zero-order chi connectivity index (χ0) is 11.4. The van der Waals surface area contributed by atoms with E-state index in [2.05, 4.69) is 5.10 Å². The molecular formula is C9H16N4O2. The number of aromatic nitrogens is 2. The van der Waals surface area contributed by atoms with Gasteiger partial charge in [0, 0.05) is 6.54 Å². The molecule has 0 spiro atoms. The van der Waals surface area contributed by atoms with E-state index < -0.39 is 0 Å². The molecule has 0 bridgehead atoms. The Hall–Kier alpha value is -1.43. The zero-order valence-electron chi connectivity index (χ0n) is 9.06. The lowest BCUT2D eigenvalue weighted by Crippen LogP contribution is -2.13. The number of hydrogen-bond acceptors (Lipinski definition) is 4. The molecule has 0 saturated heterocycles. The smallest absolute Gasteiger partial charge is 0.313 e. The molecule has 0 saturated carbocycles. The molecule has 2 N–H and O–H groups in total. The summed E-state index contributed by atoms with van der Waals surface area (Å²) in [4.78, 5) is 10.5. The first-order valence-electron chi connectivity index (χ1n) is 5.08. The lowest BCUT2D eigenvalue weighted by atomic mass is 10.2. The van der Waals surface area contributed by atoms with Crippen molar-refractivity contribution in [2.24, 2.45) is 5.73 Å². The minimum atomic E-state index is -0.350. The lowest BCUT2D eigenvalue weighted by Gasteiger charge is -2.01. The highest BCUT2D eigenvalue weighted by Crippen LogP contribution is 2.24. The van der Waals surface area contributed by atoms with Crippen molar-refractivity contribution in [2.75, 3.05) is 6.54 Å². The molecule has 0 aliphatic carbocycles. The van der Waals surface area contributed by atoms with Crippen LogP contribution in [0.5, 0.6) is 0 Å². The van der Waals surface area contributed by atoms with E-state index in [0.29, 0.717) is 37.3 Å². The second kappa shape index (κ2) is 4.88. The fraction of sp³-hybridized carbons (Fsp3) is 0.667. The van der Waals surface area contributed by atoms with Crippen LogP contribution in [-0.2, 0) is 19.4 Å². The van der Waals surface area contributed by atoms with Crippen molar-refractivity contribution in [1.82, 2.24) is 9.78 Å². The van der Waals surface area contributed by atoms with E-state index in [9.17, 15) is 10.1 Å². The first-order chi connectivity index (χ1) is 7.15. The largest absolute Gasteiger partial charge is 0.329 e. The van der Waals surface area contributed by atoms with Crippen molar-refractivity contribution in [2.45, 2.75) is 33.2 Å². The Bertz CT molecular complexity index is 359. The number of nitrogens with zero attached hydrogens (tertiary/aromatic N) is 3. The van der Waals surface area contributed by atoms with Gasteiger partial charge in [0.05, 0.1) is 11.5 Å². The third-order valence-corrected chi connectivity index (χ3v) is 2.29. The second-order valence-corrected chi connectivity index (χ2v) is 3.22. The molecule has 0 radical (unpaired) electrons. The topological polar surface area (TPSA) is 87.0 Å². The quantitative estimate of drug-likeness (QED) is 0.579. The van der Waals surface area contributed by atoms with Gasteiger partial charge in [-0.05, 0) is 12.8 Å². The van der Waals surface area contributed by atoms with Crippen LogP contribution in [0.25, 0.3) is 0 Å². The highest BCUT2D eigenvalue weighted by Gasteiger charge is 2.24. The summed E-state index contributed by atoms with van der Waals surface area (Å²) in [7, 11) is 0. The average Bonchev–Trinajstić information content (AvgIpc) is 2.56. The van der Waals surface area contributed by atoms with Gasteiger partial charge in [-0.2, -0.15) is 5.10 Å². The standard InChI is InChI=1S/C9H16N4O2/c1-3-7-9(13(14)15)8(4-2)12(11-7)6-5-10/h3-6,10H2,1-2H3. The summed E-state index contributed by atoms with van der Waals surface area (Å²) in [5, 5.41) is 15.1. The number of hydrogen-bond donors (Lipinski definition) is 1. The molecule has 1 aromatic heterocycles. The third kappa shape index (κ3) is 2.15. The fourth-order valence-electron chi connectivity index (χ4n) is 1.65. The van der Waals surface area contributed by atoms with E-state index in [0.717, 1.165) is 0 Å². The number of aryl methyl sites for hydroxylation is 1. The van der Waals surface area contributed by atoms with Crippen molar-refractivity contribution >= 4 is 5.69 Å². The molecule has 1 rings (SSSR count). The van der Waals surface area contributed by atoms with Crippen molar-refractivity contribution in [3.8, 4) is 0 Å². The average molecular weight is 212 g/mol. The van der Waals surface area contributed by atoms with Crippen LogP contribution in [0.1, 0.15) is 25.2 Å². The Kier molecular flexibility index (Phi) is 3.79. The molecule has 0 aliphatic rings. The number of rotatable bonds is 5. The summed E-state index contributed by atoms with van der Waals surface area (Å²) < 4.78 is 1.65. The van der Waals surface area contributed by atoms with Crippen molar-refractivity contribution in [3.63, 3.8) is 0 Å². The van der Waals surface area contributed by atoms with Gasteiger partial charge < -0.3 is 5.73 Å². The van der Waals surface area contributed by atoms with Crippen LogP contribution in [0.2, 0.25) is 0 Å².